The third-order valence-corrected chi connectivity index (χ3v) is 7.24. The van der Waals surface area contributed by atoms with Gasteiger partial charge >= 0.3 is 0 Å². The largest absolute Gasteiger partial charge is 0.507 e. The van der Waals surface area contributed by atoms with Gasteiger partial charge in [-0.3, -0.25) is 4.79 Å². The van der Waals surface area contributed by atoms with Gasteiger partial charge in [-0.15, -0.1) is 0 Å². The van der Waals surface area contributed by atoms with Crippen LogP contribution in [0.3, 0.4) is 0 Å². The number of benzene rings is 2. The Labute approximate surface area is 232 Å². The number of likely N-dealkylation sites (N-methyl/N-ethyl adjacent to an activating group) is 1. The maximum absolute atomic E-state index is 12.7. The van der Waals surface area contributed by atoms with E-state index in [1.165, 1.54) is 52.1 Å². The number of rotatable bonds is 11. The van der Waals surface area contributed by atoms with Crippen LogP contribution in [0.2, 0.25) is 0 Å². The number of likely N-dealkylation sites (tertiary alicyclic amines) is 1. The predicted molar refractivity (Wildman–Crippen MR) is 159 cm³/mol. The smallest absolute Gasteiger partial charge is 0.204 e. The zero-order valence-electron chi connectivity index (χ0n) is 24.2. The van der Waals surface area contributed by atoms with Crippen LogP contribution < -0.4 is 15.1 Å². The number of phenolic OH excluding ortho intramolecular Hbond substituents is 2. The molecule has 0 spiro atoms. The quantitative estimate of drug-likeness (QED) is 0.307. The molecule has 0 atom stereocenters. The average molecular weight is 540 g/mol. The highest BCUT2D eigenvalue weighted by Gasteiger charge is 2.19. The number of hydrogen-bond acceptors (Lipinski definition) is 8. The van der Waals surface area contributed by atoms with Gasteiger partial charge < -0.3 is 34.1 Å². The van der Waals surface area contributed by atoms with Crippen molar-refractivity contribution in [3.05, 3.63) is 46.6 Å². The summed E-state index contributed by atoms with van der Waals surface area (Å²) in [6.45, 7) is 10.9. The zero-order valence-corrected chi connectivity index (χ0v) is 24.2. The van der Waals surface area contributed by atoms with E-state index in [0.717, 1.165) is 49.8 Å². The van der Waals surface area contributed by atoms with E-state index in [2.05, 4.69) is 28.8 Å². The van der Waals surface area contributed by atoms with Gasteiger partial charge in [-0.2, -0.15) is 0 Å². The van der Waals surface area contributed by atoms with Crippen LogP contribution in [0, 0.1) is 0 Å². The molecule has 2 aromatic carbocycles. The molecule has 1 saturated heterocycles. The molecule has 0 radical (unpaired) electrons. The van der Waals surface area contributed by atoms with E-state index < -0.39 is 5.43 Å². The molecule has 8 nitrogen and oxygen atoms in total. The summed E-state index contributed by atoms with van der Waals surface area (Å²) in [5.74, 6) is -0.292. The molecule has 0 unspecified atom stereocenters. The molecule has 1 aliphatic rings. The normalized spacial score (nSPS) is 13.8. The van der Waals surface area contributed by atoms with Crippen molar-refractivity contribution >= 4 is 16.7 Å². The van der Waals surface area contributed by atoms with E-state index in [-0.39, 0.29) is 28.2 Å². The predicted octanol–water partition coefficient (Wildman–Crippen LogP) is 5.54. The molecule has 2 heterocycles. The van der Waals surface area contributed by atoms with Crippen LogP contribution in [0.1, 0.15) is 46.0 Å². The molecule has 1 fully saturated rings. The van der Waals surface area contributed by atoms with Gasteiger partial charge in [0.2, 0.25) is 5.75 Å². The van der Waals surface area contributed by atoms with Crippen molar-refractivity contribution in [1.82, 2.24) is 9.80 Å². The number of phenols is 2. The molecular formula is C31H45N3O5. The molecule has 0 amide bonds. The summed E-state index contributed by atoms with van der Waals surface area (Å²) in [7, 11) is 5.67. The molecule has 2 N–H and O–H groups in total. The van der Waals surface area contributed by atoms with E-state index in [0.29, 0.717) is 5.76 Å². The number of aromatic hydroxyl groups is 2. The minimum absolute atomic E-state index is 0.0141. The van der Waals surface area contributed by atoms with Gasteiger partial charge in [-0.1, -0.05) is 20.3 Å². The van der Waals surface area contributed by atoms with E-state index in [1.54, 1.807) is 0 Å². The maximum atomic E-state index is 12.7. The third-order valence-electron chi connectivity index (χ3n) is 7.24. The summed E-state index contributed by atoms with van der Waals surface area (Å²) < 4.78 is 11.1. The number of nitrogens with zero attached hydrogens (tertiary/aromatic N) is 3. The Balaban J connectivity index is 0.00000205. The second kappa shape index (κ2) is 14.8. The first-order valence-electron chi connectivity index (χ1n) is 14.2. The Hall–Kier alpha value is -3.23. The molecule has 214 valence electrons. The first-order valence-corrected chi connectivity index (χ1v) is 14.2. The fraction of sp³-hybridized carbons (Fsp3) is 0.516. The Morgan fingerprint density at radius 1 is 0.923 bits per heavy atom. The lowest BCUT2D eigenvalue weighted by molar-refractivity contribution is 0.195. The lowest BCUT2D eigenvalue weighted by atomic mass is 10.1. The van der Waals surface area contributed by atoms with Crippen LogP contribution in [0.4, 0.5) is 5.69 Å². The lowest BCUT2D eigenvalue weighted by Crippen LogP contribution is -2.36. The number of ether oxygens (including phenoxy) is 1. The van der Waals surface area contributed by atoms with Crippen LogP contribution in [0.15, 0.2) is 45.6 Å². The highest BCUT2D eigenvalue weighted by atomic mass is 16.5. The van der Waals surface area contributed by atoms with Gasteiger partial charge in [0.15, 0.2) is 16.8 Å². The maximum Gasteiger partial charge on any atom is 0.204 e. The van der Waals surface area contributed by atoms with Crippen molar-refractivity contribution in [2.24, 2.45) is 0 Å². The van der Waals surface area contributed by atoms with Gasteiger partial charge in [0.1, 0.15) is 16.9 Å². The molecule has 0 bridgehead atoms. The molecule has 0 aliphatic carbocycles. The highest BCUT2D eigenvalue weighted by molar-refractivity contribution is 5.91. The number of piperidine rings is 1. The van der Waals surface area contributed by atoms with Gasteiger partial charge in [-0.25, -0.2) is 0 Å². The lowest BCUT2D eigenvalue weighted by Gasteiger charge is -2.28. The van der Waals surface area contributed by atoms with Crippen molar-refractivity contribution in [1.29, 1.82) is 0 Å². The number of anilines is 1. The fourth-order valence-corrected chi connectivity index (χ4v) is 4.97. The van der Waals surface area contributed by atoms with Crippen molar-refractivity contribution < 1.29 is 19.4 Å². The number of fused-ring (bicyclic) bond motifs is 1. The monoisotopic (exact) mass is 539 g/mol. The summed E-state index contributed by atoms with van der Waals surface area (Å²) >= 11 is 0. The Morgan fingerprint density at radius 3 is 2.26 bits per heavy atom. The van der Waals surface area contributed by atoms with Crippen LogP contribution >= 0.6 is 0 Å². The third kappa shape index (κ3) is 7.90. The standard InChI is InChI=1S/C29H39N3O5.C2H6/c1-30(17-18-32-15-5-4-6-16-32)13-7-8-14-31(2)22-11-9-21(10-12-22)26-20-24(34)27-23(33)19-25(35)28(36-3)29(27)37-26;1-2/h9-12,19-20,33,35H,4-8,13-18H2,1-3H3;1-2H3. The minimum atomic E-state index is -0.408. The van der Waals surface area contributed by atoms with E-state index in [9.17, 15) is 15.0 Å². The van der Waals surface area contributed by atoms with E-state index in [4.69, 9.17) is 9.15 Å². The topological polar surface area (TPSA) is 89.6 Å². The first-order chi connectivity index (χ1) is 18.9. The average Bonchev–Trinajstić information content (AvgIpc) is 2.95. The number of unbranched alkanes of at least 4 members (excludes halogenated alkanes) is 1. The molecule has 39 heavy (non-hydrogen) atoms. The summed E-state index contributed by atoms with van der Waals surface area (Å²) in [6, 6.07) is 10.2. The van der Waals surface area contributed by atoms with Gasteiger partial charge in [0, 0.05) is 50.1 Å². The fourth-order valence-electron chi connectivity index (χ4n) is 4.97. The van der Waals surface area contributed by atoms with Crippen LogP contribution in [0.25, 0.3) is 22.3 Å². The Kier molecular flexibility index (Phi) is 11.5. The zero-order chi connectivity index (χ0) is 28.4. The molecule has 1 aromatic heterocycles. The van der Waals surface area contributed by atoms with Crippen molar-refractivity contribution in [2.75, 3.05) is 65.4 Å². The second-order valence-electron chi connectivity index (χ2n) is 10.0. The molecule has 0 saturated carbocycles. The van der Waals surface area contributed by atoms with E-state index >= 15 is 0 Å². The molecule has 4 rings (SSSR count). The molecule has 3 aromatic rings. The Bertz CT molecular complexity index is 1240. The summed E-state index contributed by atoms with van der Waals surface area (Å²) in [4.78, 5) is 20.0. The van der Waals surface area contributed by atoms with Crippen molar-refractivity contribution in [3.63, 3.8) is 0 Å². The van der Waals surface area contributed by atoms with Gasteiger partial charge in [-0.05, 0) is 76.6 Å². The summed E-state index contributed by atoms with van der Waals surface area (Å²) in [5.41, 5.74) is 1.41. The molecule has 8 heteroatoms. The second-order valence-corrected chi connectivity index (χ2v) is 10.0. The number of methoxy groups -OCH3 is 1. The summed E-state index contributed by atoms with van der Waals surface area (Å²) in [5, 5.41) is 20.2. The summed E-state index contributed by atoms with van der Waals surface area (Å²) in [6.07, 6.45) is 6.34. The van der Waals surface area contributed by atoms with Crippen LogP contribution in [0.5, 0.6) is 17.2 Å². The van der Waals surface area contributed by atoms with Crippen molar-refractivity contribution in [2.45, 2.75) is 46.0 Å². The number of hydrogen-bond donors (Lipinski definition) is 2. The first kappa shape index (κ1) is 30.3. The SMILES string of the molecule is CC.COc1c(O)cc(O)c2c(=O)cc(-c3ccc(N(C)CCCCN(C)CCN4CCCCC4)cc3)oc12. The Morgan fingerprint density at radius 2 is 1.59 bits per heavy atom. The minimum Gasteiger partial charge on any atom is -0.507 e. The van der Waals surface area contributed by atoms with Crippen LogP contribution in [-0.4, -0.2) is 80.5 Å². The molecular weight excluding hydrogens is 494 g/mol. The van der Waals surface area contributed by atoms with Crippen molar-refractivity contribution in [3.8, 4) is 28.6 Å². The molecule has 1 aliphatic heterocycles. The van der Waals surface area contributed by atoms with E-state index in [1.807, 2.05) is 38.1 Å². The van der Waals surface area contributed by atoms with Gasteiger partial charge in [0.25, 0.3) is 0 Å². The highest BCUT2D eigenvalue weighted by Crippen LogP contribution is 2.40. The van der Waals surface area contributed by atoms with Crippen LogP contribution in [-0.2, 0) is 0 Å². The van der Waals surface area contributed by atoms with Gasteiger partial charge in [0.05, 0.1) is 7.11 Å².